The highest BCUT2D eigenvalue weighted by Gasteiger charge is 2.18. The highest BCUT2D eigenvalue weighted by atomic mass is 15.1. The van der Waals surface area contributed by atoms with Crippen LogP contribution in [0.25, 0.3) is 0 Å². The van der Waals surface area contributed by atoms with Crippen molar-refractivity contribution in [2.75, 3.05) is 6.67 Å². The summed E-state index contributed by atoms with van der Waals surface area (Å²) in [6.07, 6.45) is 2.04. The van der Waals surface area contributed by atoms with Gasteiger partial charge < -0.3 is 10.6 Å². The predicted molar refractivity (Wildman–Crippen MR) is 50.0 cm³/mol. The Bertz CT molecular complexity index is 131. The molecule has 0 aromatic carbocycles. The Morgan fingerprint density at radius 3 is 2.00 bits per heavy atom. The minimum atomic E-state index is 0.267. The molecule has 1 aliphatic rings. The van der Waals surface area contributed by atoms with E-state index < -0.39 is 0 Å². The van der Waals surface area contributed by atoms with Crippen LogP contribution in [0.4, 0.5) is 0 Å². The summed E-state index contributed by atoms with van der Waals surface area (Å²) in [5.74, 6) is 0. The Morgan fingerprint density at radius 1 is 1.27 bits per heavy atom. The molecule has 0 saturated carbocycles. The van der Waals surface area contributed by atoms with Crippen molar-refractivity contribution in [1.29, 1.82) is 0 Å². The summed E-state index contributed by atoms with van der Waals surface area (Å²) >= 11 is 0. The van der Waals surface area contributed by atoms with E-state index in [9.17, 15) is 0 Å². The van der Waals surface area contributed by atoms with Crippen molar-refractivity contribution in [2.45, 2.75) is 34.6 Å². The summed E-state index contributed by atoms with van der Waals surface area (Å²) in [7, 11) is 0. The van der Waals surface area contributed by atoms with E-state index in [0.717, 1.165) is 6.67 Å². The topological polar surface area (TPSA) is 24.1 Å². The molecule has 0 saturated heterocycles. The van der Waals surface area contributed by atoms with Crippen molar-refractivity contribution in [3.8, 4) is 0 Å². The van der Waals surface area contributed by atoms with Crippen molar-refractivity contribution < 1.29 is 0 Å². The van der Waals surface area contributed by atoms with Crippen LogP contribution in [0.5, 0.6) is 0 Å². The molecule has 0 atom stereocenters. The SMILES string of the molecule is CC.CC(C)(C)C1=CNCN1. The van der Waals surface area contributed by atoms with Gasteiger partial charge in [-0.2, -0.15) is 0 Å². The summed E-state index contributed by atoms with van der Waals surface area (Å²) < 4.78 is 0. The molecule has 2 nitrogen and oxygen atoms in total. The lowest BCUT2D eigenvalue weighted by Gasteiger charge is -2.19. The van der Waals surface area contributed by atoms with Crippen LogP contribution in [0, 0.1) is 5.41 Å². The van der Waals surface area contributed by atoms with Gasteiger partial charge in [0.2, 0.25) is 0 Å². The fourth-order valence-corrected chi connectivity index (χ4v) is 0.832. The van der Waals surface area contributed by atoms with Gasteiger partial charge in [-0.05, 0) is 0 Å². The number of allylic oxidation sites excluding steroid dienone is 1. The second-order valence-corrected chi connectivity index (χ2v) is 3.37. The Morgan fingerprint density at radius 2 is 1.82 bits per heavy atom. The molecule has 66 valence electrons. The average molecular weight is 156 g/mol. The van der Waals surface area contributed by atoms with Gasteiger partial charge in [-0.25, -0.2) is 0 Å². The second-order valence-electron chi connectivity index (χ2n) is 3.37. The van der Waals surface area contributed by atoms with E-state index in [1.807, 2.05) is 20.0 Å². The molecule has 11 heavy (non-hydrogen) atoms. The average Bonchev–Trinajstić information content (AvgIpc) is 2.40. The molecular weight excluding hydrogens is 136 g/mol. The Balaban J connectivity index is 0.000000461. The van der Waals surface area contributed by atoms with E-state index >= 15 is 0 Å². The fourth-order valence-electron chi connectivity index (χ4n) is 0.832. The van der Waals surface area contributed by atoms with Gasteiger partial charge in [0, 0.05) is 17.3 Å². The van der Waals surface area contributed by atoms with Gasteiger partial charge in [0.25, 0.3) is 0 Å². The molecule has 0 aromatic heterocycles. The maximum Gasteiger partial charge on any atom is 0.0843 e. The first-order valence-corrected chi connectivity index (χ1v) is 4.28. The van der Waals surface area contributed by atoms with Crippen LogP contribution >= 0.6 is 0 Å². The molecule has 0 radical (unpaired) electrons. The summed E-state index contributed by atoms with van der Waals surface area (Å²) in [6.45, 7) is 11.5. The molecule has 0 aliphatic carbocycles. The van der Waals surface area contributed by atoms with Crippen LogP contribution in [-0.2, 0) is 0 Å². The number of hydrogen-bond donors (Lipinski definition) is 2. The summed E-state index contributed by atoms with van der Waals surface area (Å²) in [5, 5.41) is 6.35. The van der Waals surface area contributed by atoms with E-state index in [4.69, 9.17) is 0 Å². The van der Waals surface area contributed by atoms with Crippen molar-refractivity contribution in [3.05, 3.63) is 11.9 Å². The van der Waals surface area contributed by atoms with Gasteiger partial charge in [0.1, 0.15) is 0 Å². The first-order valence-electron chi connectivity index (χ1n) is 4.28. The zero-order chi connectivity index (χ0) is 8.91. The monoisotopic (exact) mass is 156 g/mol. The van der Waals surface area contributed by atoms with Crippen molar-refractivity contribution in [3.63, 3.8) is 0 Å². The Hall–Kier alpha value is -0.660. The Labute approximate surface area is 70.1 Å². The van der Waals surface area contributed by atoms with Gasteiger partial charge in [-0.1, -0.05) is 34.6 Å². The van der Waals surface area contributed by atoms with Gasteiger partial charge in [0.15, 0.2) is 0 Å². The standard InChI is InChI=1S/C7H14N2.C2H6/c1-7(2,3)6-4-8-5-9-6;1-2/h4,8-9H,5H2,1-3H3;1-2H3. The molecule has 1 aliphatic heterocycles. The third-order valence-corrected chi connectivity index (χ3v) is 1.44. The number of hydrogen-bond acceptors (Lipinski definition) is 2. The third kappa shape index (κ3) is 3.30. The van der Waals surface area contributed by atoms with E-state index in [1.54, 1.807) is 0 Å². The first kappa shape index (κ1) is 10.3. The molecule has 2 heteroatoms. The molecule has 0 bridgehead atoms. The third-order valence-electron chi connectivity index (χ3n) is 1.44. The molecule has 2 N–H and O–H groups in total. The minimum Gasteiger partial charge on any atom is -0.372 e. The van der Waals surface area contributed by atoms with E-state index in [1.165, 1.54) is 5.70 Å². The quantitative estimate of drug-likeness (QED) is 0.561. The lowest BCUT2D eigenvalue weighted by Crippen LogP contribution is -2.21. The van der Waals surface area contributed by atoms with E-state index in [2.05, 4.69) is 31.4 Å². The van der Waals surface area contributed by atoms with E-state index in [0.29, 0.717) is 0 Å². The molecule has 0 fully saturated rings. The van der Waals surface area contributed by atoms with Crippen LogP contribution in [-0.4, -0.2) is 6.67 Å². The molecule has 0 unspecified atom stereocenters. The van der Waals surface area contributed by atoms with Gasteiger partial charge in [-0.3, -0.25) is 0 Å². The highest BCUT2D eigenvalue weighted by molar-refractivity contribution is 5.10. The predicted octanol–water partition coefficient (Wildman–Crippen LogP) is 2.05. The van der Waals surface area contributed by atoms with Crippen molar-refractivity contribution >= 4 is 0 Å². The van der Waals surface area contributed by atoms with Crippen LogP contribution < -0.4 is 10.6 Å². The summed E-state index contributed by atoms with van der Waals surface area (Å²) in [6, 6.07) is 0. The zero-order valence-electron chi connectivity index (χ0n) is 8.28. The summed E-state index contributed by atoms with van der Waals surface area (Å²) in [4.78, 5) is 0. The van der Waals surface area contributed by atoms with Crippen molar-refractivity contribution in [2.24, 2.45) is 5.41 Å². The van der Waals surface area contributed by atoms with Gasteiger partial charge in [-0.15, -0.1) is 0 Å². The van der Waals surface area contributed by atoms with Crippen molar-refractivity contribution in [1.82, 2.24) is 10.6 Å². The van der Waals surface area contributed by atoms with Gasteiger partial charge >= 0.3 is 0 Å². The fraction of sp³-hybridized carbons (Fsp3) is 0.778. The normalized spacial score (nSPS) is 15.5. The Kier molecular flexibility index (Phi) is 4.01. The van der Waals surface area contributed by atoms with Crippen LogP contribution in [0.3, 0.4) is 0 Å². The maximum absolute atomic E-state index is 3.25. The number of nitrogens with one attached hydrogen (secondary N) is 2. The minimum absolute atomic E-state index is 0.267. The smallest absolute Gasteiger partial charge is 0.0843 e. The number of rotatable bonds is 0. The lowest BCUT2D eigenvalue weighted by molar-refractivity contribution is 0.473. The van der Waals surface area contributed by atoms with Crippen LogP contribution in [0.1, 0.15) is 34.6 Å². The van der Waals surface area contributed by atoms with Crippen LogP contribution in [0.15, 0.2) is 11.9 Å². The lowest BCUT2D eigenvalue weighted by atomic mass is 9.93. The molecule has 0 amide bonds. The molecule has 1 rings (SSSR count). The van der Waals surface area contributed by atoms with E-state index in [-0.39, 0.29) is 5.41 Å². The second kappa shape index (κ2) is 4.27. The molecular formula is C9H20N2. The van der Waals surface area contributed by atoms with Crippen LogP contribution in [0.2, 0.25) is 0 Å². The molecule has 1 heterocycles. The maximum atomic E-state index is 3.25. The highest BCUT2D eigenvalue weighted by Crippen LogP contribution is 2.22. The largest absolute Gasteiger partial charge is 0.372 e. The van der Waals surface area contributed by atoms with Gasteiger partial charge in [0.05, 0.1) is 6.67 Å². The summed E-state index contributed by atoms with van der Waals surface area (Å²) in [5.41, 5.74) is 1.56. The first-order chi connectivity index (χ1) is 5.11. The molecule has 0 spiro atoms. The molecule has 0 aromatic rings. The zero-order valence-corrected chi connectivity index (χ0v) is 8.28.